The lowest BCUT2D eigenvalue weighted by atomic mass is 10.1. The molecule has 2 heterocycles. The molecule has 4 rings (SSSR count). The van der Waals surface area contributed by atoms with Crippen LogP contribution in [0.3, 0.4) is 0 Å². The number of aryl methyl sites for hydroxylation is 1. The van der Waals surface area contributed by atoms with Gasteiger partial charge in [-0.25, -0.2) is 4.39 Å². The van der Waals surface area contributed by atoms with Crippen LogP contribution in [0.5, 0.6) is 0 Å². The molecule has 1 fully saturated rings. The van der Waals surface area contributed by atoms with Gasteiger partial charge in [0.15, 0.2) is 5.82 Å². The smallest absolute Gasteiger partial charge is 0.257 e. The van der Waals surface area contributed by atoms with Crippen LogP contribution in [0.15, 0.2) is 53.1 Å². The normalized spacial score (nSPS) is 14.4. The van der Waals surface area contributed by atoms with Gasteiger partial charge in [-0.15, -0.1) is 0 Å². The summed E-state index contributed by atoms with van der Waals surface area (Å²) in [7, 11) is 0. The monoisotopic (exact) mass is 366 g/mol. The molecule has 1 aromatic heterocycles. The average molecular weight is 366 g/mol. The number of carbonyl (C=O) groups is 1. The molecule has 0 unspecified atom stereocenters. The third-order valence-electron chi connectivity index (χ3n) is 4.67. The van der Waals surface area contributed by atoms with Gasteiger partial charge in [-0.05, 0) is 55.5 Å². The van der Waals surface area contributed by atoms with Gasteiger partial charge in [0, 0.05) is 43.0 Å². The highest BCUT2D eigenvalue weighted by Crippen LogP contribution is 2.20. The number of amides is 1. The van der Waals surface area contributed by atoms with E-state index in [9.17, 15) is 9.18 Å². The Labute approximate surface area is 156 Å². The molecule has 1 amide bonds. The second-order valence-corrected chi connectivity index (χ2v) is 6.48. The van der Waals surface area contributed by atoms with Crippen molar-refractivity contribution < 1.29 is 13.7 Å². The van der Waals surface area contributed by atoms with Crippen LogP contribution < -0.4 is 4.90 Å². The van der Waals surface area contributed by atoms with E-state index in [0.717, 1.165) is 24.3 Å². The van der Waals surface area contributed by atoms with Crippen molar-refractivity contribution in [3.05, 3.63) is 65.7 Å². The van der Waals surface area contributed by atoms with E-state index < -0.39 is 0 Å². The minimum absolute atomic E-state index is 0.00187. The number of piperazine rings is 1. The van der Waals surface area contributed by atoms with E-state index in [2.05, 4.69) is 15.0 Å². The number of benzene rings is 2. The van der Waals surface area contributed by atoms with E-state index in [0.29, 0.717) is 30.4 Å². The summed E-state index contributed by atoms with van der Waals surface area (Å²) in [5.74, 6) is 0.775. The van der Waals surface area contributed by atoms with Crippen molar-refractivity contribution in [2.24, 2.45) is 0 Å². The van der Waals surface area contributed by atoms with Crippen LogP contribution in [0.1, 0.15) is 16.2 Å². The van der Waals surface area contributed by atoms with Crippen molar-refractivity contribution in [3.8, 4) is 11.5 Å². The van der Waals surface area contributed by atoms with Crippen LogP contribution in [0.25, 0.3) is 11.5 Å². The summed E-state index contributed by atoms with van der Waals surface area (Å²) in [5, 5.41) is 3.77. The Hall–Kier alpha value is -3.22. The largest absolute Gasteiger partial charge is 0.368 e. The van der Waals surface area contributed by atoms with Crippen molar-refractivity contribution in [1.82, 2.24) is 15.0 Å². The van der Waals surface area contributed by atoms with E-state index in [-0.39, 0.29) is 11.7 Å². The van der Waals surface area contributed by atoms with Crippen LogP contribution in [0.4, 0.5) is 10.1 Å². The highest BCUT2D eigenvalue weighted by Gasteiger charge is 2.22. The Balaban J connectivity index is 1.39. The standard InChI is InChI=1S/C20H19FN4O2/c1-14-22-19(27-23-14)15-2-4-16(5-3-15)20(26)25-12-10-24(11-13-25)18-8-6-17(21)7-9-18/h2-9H,10-13H2,1H3. The maximum Gasteiger partial charge on any atom is 0.257 e. The topological polar surface area (TPSA) is 62.5 Å². The Morgan fingerprint density at radius 1 is 1.00 bits per heavy atom. The summed E-state index contributed by atoms with van der Waals surface area (Å²) in [5.41, 5.74) is 2.39. The van der Waals surface area contributed by atoms with Crippen LogP contribution in [0.2, 0.25) is 0 Å². The van der Waals surface area contributed by atoms with Crippen molar-refractivity contribution >= 4 is 11.6 Å². The maximum absolute atomic E-state index is 13.1. The number of hydrogen-bond donors (Lipinski definition) is 0. The molecular weight excluding hydrogens is 347 g/mol. The van der Waals surface area contributed by atoms with Crippen molar-refractivity contribution in [1.29, 1.82) is 0 Å². The molecule has 0 bridgehead atoms. The molecule has 6 nitrogen and oxygen atoms in total. The van der Waals surface area contributed by atoms with E-state index in [4.69, 9.17) is 4.52 Å². The first-order valence-corrected chi connectivity index (χ1v) is 8.81. The lowest BCUT2D eigenvalue weighted by Gasteiger charge is -2.36. The first-order chi connectivity index (χ1) is 13.1. The molecule has 3 aromatic rings. The molecular formula is C20H19FN4O2. The highest BCUT2D eigenvalue weighted by atomic mass is 19.1. The molecule has 27 heavy (non-hydrogen) atoms. The third-order valence-corrected chi connectivity index (χ3v) is 4.67. The lowest BCUT2D eigenvalue weighted by Crippen LogP contribution is -2.48. The fourth-order valence-electron chi connectivity index (χ4n) is 3.17. The molecule has 138 valence electrons. The van der Waals surface area contributed by atoms with E-state index >= 15 is 0 Å². The summed E-state index contributed by atoms with van der Waals surface area (Å²) < 4.78 is 18.2. The minimum atomic E-state index is -0.244. The zero-order valence-corrected chi connectivity index (χ0v) is 14.9. The minimum Gasteiger partial charge on any atom is -0.368 e. The summed E-state index contributed by atoms with van der Waals surface area (Å²) in [6.07, 6.45) is 0. The van der Waals surface area contributed by atoms with Gasteiger partial charge in [-0.3, -0.25) is 4.79 Å². The van der Waals surface area contributed by atoms with Crippen LogP contribution in [-0.2, 0) is 0 Å². The van der Waals surface area contributed by atoms with Gasteiger partial charge in [-0.1, -0.05) is 5.16 Å². The van der Waals surface area contributed by atoms with Gasteiger partial charge >= 0.3 is 0 Å². The molecule has 0 aliphatic carbocycles. The number of hydrogen-bond acceptors (Lipinski definition) is 5. The maximum atomic E-state index is 13.1. The number of halogens is 1. The number of nitrogens with zero attached hydrogens (tertiary/aromatic N) is 4. The van der Waals surface area contributed by atoms with Gasteiger partial charge in [0.25, 0.3) is 11.8 Å². The van der Waals surface area contributed by atoms with Crippen LogP contribution in [0, 0.1) is 12.7 Å². The SMILES string of the molecule is Cc1noc(-c2ccc(C(=O)N3CCN(c4ccc(F)cc4)CC3)cc2)n1. The zero-order chi connectivity index (χ0) is 18.8. The van der Waals surface area contributed by atoms with E-state index in [1.807, 2.05) is 17.0 Å². The van der Waals surface area contributed by atoms with Crippen molar-refractivity contribution in [2.75, 3.05) is 31.1 Å². The number of anilines is 1. The molecule has 1 aliphatic rings. The van der Waals surface area contributed by atoms with Gasteiger partial charge < -0.3 is 14.3 Å². The van der Waals surface area contributed by atoms with Gasteiger partial charge in [0.05, 0.1) is 0 Å². The fourth-order valence-corrected chi connectivity index (χ4v) is 3.17. The second-order valence-electron chi connectivity index (χ2n) is 6.48. The molecule has 0 saturated carbocycles. The first kappa shape index (κ1) is 17.2. The molecule has 0 atom stereocenters. The summed E-state index contributed by atoms with van der Waals surface area (Å²) in [6.45, 7) is 4.45. The van der Waals surface area contributed by atoms with Gasteiger partial charge in [0.2, 0.25) is 0 Å². The Bertz CT molecular complexity index is 929. The third kappa shape index (κ3) is 3.67. The second kappa shape index (κ2) is 7.19. The Morgan fingerprint density at radius 3 is 2.26 bits per heavy atom. The molecule has 2 aromatic carbocycles. The zero-order valence-electron chi connectivity index (χ0n) is 14.9. The molecule has 7 heteroatoms. The number of carbonyl (C=O) groups excluding carboxylic acids is 1. The molecule has 0 N–H and O–H groups in total. The summed E-state index contributed by atoms with van der Waals surface area (Å²) >= 11 is 0. The molecule has 1 saturated heterocycles. The van der Waals surface area contributed by atoms with E-state index in [1.54, 1.807) is 31.2 Å². The Kier molecular flexibility index (Phi) is 4.58. The predicted molar refractivity (Wildman–Crippen MR) is 99.0 cm³/mol. The van der Waals surface area contributed by atoms with Crippen molar-refractivity contribution in [3.63, 3.8) is 0 Å². The lowest BCUT2D eigenvalue weighted by molar-refractivity contribution is 0.0747. The quantitative estimate of drug-likeness (QED) is 0.713. The fraction of sp³-hybridized carbons (Fsp3) is 0.250. The van der Waals surface area contributed by atoms with Gasteiger partial charge in [-0.2, -0.15) is 4.98 Å². The van der Waals surface area contributed by atoms with Crippen LogP contribution in [-0.4, -0.2) is 47.1 Å². The molecule has 0 spiro atoms. The van der Waals surface area contributed by atoms with Crippen LogP contribution >= 0.6 is 0 Å². The summed E-state index contributed by atoms with van der Waals surface area (Å²) in [6, 6.07) is 13.6. The predicted octanol–water partition coefficient (Wildman–Crippen LogP) is 3.15. The van der Waals surface area contributed by atoms with Gasteiger partial charge in [0.1, 0.15) is 5.82 Å². The number of aromatic nitrogens is 2. The first-order valence-electron chi connectivity index (χ1n) is 8.81. The molecule has 1 aliphatic heterocycles. The summed E-state index contributed by atoms with van der Waals surface area (Å²) in [4.78, 5) is 20.9. The number of rotatable bonds is 3. The highest BCUT2D eigenvalue weighted by molar-refractivity contribution is 5.94. The molecule has 0 radical (unpaired) electrons. The van der Waals surface area contributed by atoms with E-state index in [1.165, 1.54) is 12.1 Å². The Morgan fingerprint density at radius 2 is 1.67 bits per heavy atom. The average Bonchev–Trinajstić information content (AvgIpc) is 3.15. The van der Waals surface area contributed by atoms with Crippen molar-refractivity contribution in [2.45, 2.75) is 6.92 Å².